The molecule has 3 aliphatic rings. The number of carbonyl (C=O) groups excluding carboxylic acids is 1. The Kier molecular flexibility index (Phi) is 4.34. The molecule has 0 spiro atoms. The van der Waals surface area contributed by atoms with E-state index in [0.29, 0.717) is 34.9 Å². The predicted molar refractivity (Wildman–Crippen MR) is 114 cm³/mol. The predicted octanol–water partition coefficient (Wildman–Crippen LogP) is 5.29. The number of methoxy groups -OCH3 is 1. The summed E-state index contributed by atoms with van der Waals surface area (Å²) in [6.45, 7) is 4.08. The second kappa shape index (κ2) is 6.83. The van der Waals surface area contributed by atoms with E-state index in [-0.39, 0.29) is 22.6 Å². The van der Waals surface area contributed by atoms with Crippen LogP contribution in [-0.2, 0) is 4.74 Å². The minimum Gasteiger partial charge on any atom is -0.465 e. The average Bonchev–Trinajstić information content (AvgIpc) is 3.37. The topological polar surface area (TPSA) is 81.5 Å². The number of fused-ring (bicyclic) bond motifs is 7. The summed E-state index contributed by atoms with van der Waals surface area (Å²) in [7, 11) is 1.37. The number of esters is 1. The molecule has 5 atom stereocenters. The van der Waals surface area contributed by atoms with Crippen LogP contribution in [0.5, 0.6) is 0 Å². The Labute approximate surface area is 175 Å². The van der Waals surface area contributed by atoms with Gasteiger partial charge in [0.05, 0.1) is 23.6 Å². The van der Waals surface area contributed by atoms with Gasteiger partial charge in [-0.3, -0.25) is 10.1 Å². The van der Waals surface area contributed by atoms with E-state index in [4.69, 9.17) is 4.74 Å². The zero-order chi connectivity index (χ0) is 21.2. The molecular formula is C24H26N2O4. The Morgan fingerprint density at radius 3 is 2.53 bits per heavy atom. The maximum atomic E-state index is 11.9. The molecule has 0 saturated heterocycles. The quantitative estimate of drug-likeness (QED) is 0.425. The summed E-state index contributed by atoms with van der Waals surface area (Å²) in [6, 6.07) is 9.21. The number of nitrogens with zero attached hydrogens (tertiary/aromatic N) is 1. The molecule has 0 aromatic heterocycles. The Morgan fingerprint density at radius 1 is 1.17 bits per heavy atom. The summed E-state index contributed by atoms with van der Waals surface area (Å²) in [5, 5.41) is 15.5. The van der Waals surface area contributed by atoms with E-state index in [1.54, 1.807) is 18.2 Å². The van der Waals surface area contributed by atoms with Gasteiger partial charge in [-0.25, -0.2) is 4.79 Å². The van der Waals surface area contributed by atoms with Gasteiger partial charge in [-0.2, -0.15) is 0 Å². The molecule has 0 radical (unpaired) electrons. The molecule has 6 heteroatoms. The summed E-state index contributed by atoms with van der Waals surface area (Å²) in [4.78, 5) is 23.5. The first-order valence-electron chi connectivity index (χ1n) is 10.6. The highest BCUT2D eigenvalue weighted by atomic mass is 16.6. The third-order valence-electron chi connectivity index (χ3n) is 7.76. The van der Waals surface area contributed by atoms with Crippen LogP contribution in [0.1, 0.15) is 63.8 Å². The van der Waals surface area contributed by atoms with E-state index in [0.717, 1.165) is 11.1 Å². The number of aryl methyl sites for hydroxylation is 1. The van der Waals surface area contributed by atoms with Crippen molar-refractivity contribution in [3.8, 4) is 0 Å². The van der Waals surface area contributed by atoms with E-state index < -0.39 is 0 Å². The summed E-state index contributed by atoms with van der Waals surface area (Å²) >= 11 is 0. The standard InChI is InChI=1S/C24H26N2O4/c1-12-10-18(26(28)29)23-19(13(12)2)20-16-8-9-17(11-16)21(20)22(25-23)14-4-6-15(7-5-14)24(27)30-3/h4-7,10,16-17,20-22,25H,8-9,11H2,1-3H3/t16-,17-,20+,21+,22-/m0/s1. The van der Waals surface area contributed by atoms with E-state index in [1.807, 2.05) is 19.1 Å². The van der Waals surface area contributed by atoms with Crippen molar-refractivity contribution < 1.29 is 14.5 Å². The zero-order valence-corrected chi connectivity index (χ0v) is 17.5. The van der Waals surface area contributed by atoms with Crippen LogP contribution in [0.2, 0.25) is 0 Å². The van der Waals surface area contributed by atoms with E-state index in [1.165, 1.54) is 37.5 Å². The van der Waals surface area contributed by atoms with Gasteiger partial charge in [0.1, 0.15) is 5.69 Å². The fraction of sp³-hybridized carbons (Fsp3) is 0.458. The Hall–Kier alpha value is -2.89. The zero-order valence-electron chi connectivity index (χ0n) is 17.5. The molecule has 6 nitrogen and oxygen atoms in total. The highest BCUT2D eigenvalue weighted by molar-refractivity contribution is 5.89. The maximum absolute atomic E-state index is 11.9. The van der Waals surface area contributed by atoms with Gasteiger partial charge < -0.3 is 10.1 Å². The first-order chi connectivity index (χ1) is 14.4. The number of nitrogens with one attached hydrogen (secondary N) is 1. The van der Waals surface area contributed by atoms with Crippen LogP contribution in [0.25, 0.3) is 0 Å². The molecule has 2 fully saturated rings. The number of nitro groups is 1. The maximum Gasteiger partial charge on any atom is 0.337 e. The van der Waals surface area contributed by atoms with Crippen molar-refractivity contribution in [2.75, 3.05) is 12.4 Å². The monoisotopic (exact) mass is 406 g/mol. The number of nitro benzene ring substituents is 1. The largest absolute Gasteiger partial charge is 0.465 e. The summed E-state index contributed by atoms with van der Waals surface area (Å²) in [6.07, 6.45) is 3.64. The molecule has 30 heavy (non-hydrogen) atoms. The molecule has 2 aliphatic carbocycles. The molecule has 156 valence electrons. The average molecular weight is 406 g/mol. The molecule has 5 rings (SSSR count). The lowest BCUT2D eigenvalue weighted by Gasteiger charge is -2.44. The Bertz CT molecular complexity index is 1050. The van der Waals surface area contributed by atoms with Crippen LogP contribution >= 0.6 is 0 Å². The fourth-order valence-electron chi connectivity index (χ4n) is 6.38. The fourth-order valence-corrected chi connectivity index (χ4v) is 6.38. The van der Waals surface area contributed by atoms with Crippen LogP contribution < -0.4 is 5.32 Å². The van der Waals surface area contributed by atoms with Gasteiger partial charge in [0.15, 0.2) is 0 Å². The van der Waals surface area contributed by atoms with Gasteiger partial charge in [-0.05, 0) is 91.2 Å². The molecular weight excluding hydrogens is 380 g/mol. The van der Waals surface area contributed by atoms with Crippen LogP contribution in [-0.4, -0.2) is 18.0 Å². The van der Waals surface area contributed by atoms with Crippen molar-refractivity contribution in [2.24, 2.45) is 17.8 Å². The highest BCUT2D eigenvalue weighted by Crippen LogP contribution is 2.65. The minimum atomic E-state index is -0.358. The molecule has 0 amide bonds. The number of benzene rings is 2. The second-order valence-electron chi connectivity index (χ2n) is 9.06. The minimum absolute atomic E-state index is 0.00491. The summed E-state index contributed by atoms with van der Waals surface area (Å²) in [5.74, 6) is 1.63. The smallest absolute Gasteiger partial charge is 0.337 e. The van der Waals surface area contributed by atoms with Crippen LogP contribution in [0, 0.1) is 41.7 Å². The molecule has 1 aliphatic heterocycles. The normalized spacial score (nSPS) is 28.4. The van der Waals surface area contributed by atoms with Crippen molar-refractivity contribution in [1.29, 1.82) is 0 Å². The number of anilines is 1. The van der Waals surface area contributed by atoms with Crippen molar-refractivity contribution in [1.82, 2.24) is 0 Å². The van der Waals surface area contributed by atoms with E-state index in [9.17, 15) is 14.9 Å². The van der Waals surface area contributed by atoms with Crippen LogP contribution in [0.4, 0.5) is 11.4 Å². The van der Waals surface area contributed by atoms with E-state index in [2.05, 4.69) is 12.2 Å². The number of hydrogen-bond donors (Lipinski definition) is 1. The third-order valence-corrected chi connectivity index (χ3v) is 7.76. The number of hydrogen-bond acceptors (Lipinski definition) is 5. The lowest BCUT2D eigenvalue weighted by Crippen LogP contribution is -2.36. The second-order valence-corrected chi connectivity index (χ2v) is 9.06. The van der Waals surface area contributed by atoms with Gasteiger partial charge >= 0.3 is 5.97 Å². The first-order valence-corrected chi connectivity index (χ1v) is 10.6. The SMILES string of the molecule is COC(=O)c1ccc([C@@H]2Nc3c([N+](=O)[O-])cc(C)c(C)c3[C@H]3[C@H]4CC[C@@H](C4)[C@H]32)cc1. The van der Waals surface area contributed by atoms with E-state index >= 15 is 0 Å². The lowest BCUT2D eigenvalue weighted by molar-refractivity contribution is -0.384. The highest BCUT2D eigenvalue weighted by Gasteiger charge is 2.55. The molecule has 0 unspecified atom stereocenters. The van der Waals surface area contributed by atoms with Gasteiger partial charge in [0, 0.05) is 6.07 Å². The molecule has 2 bridgehead atoms. The van der Waals surface area contributed by atoms with Crippen LogP contribution in [0.3, 0.4) is 0 Å². The first kappa shape index (κ1) is 19.1. The number of carbonyl (C=O) groups is 1. The third kappa shape index (κ3) is 2.66. The summed E-state index contributed by atoms with van der Waals surface area (Å²) in [5.41, 5.74) is 5.79. The van der Waals surface area contributed by atoms with Gasteiger partial charge in [-0.15, -0.1) is 0 Å². The molecule has 1 N–H and O–H groups in total. The van der Waals surface area contributed by atoms with Crippen molar-refractivity contribution in [3.05, 3.63) is 68.3 Å². The molecule has 2 aromatic rings. The Balaban J connectivity index is 1.65. The molecule has 2 saturated carbocycles. The van der Waals surface area contributed by atoms with Crippen molar-refractivity contribution in [2.45, 2.75) is 45.1 Å². The van der Waals surface area contributed by atoms with Crippen molar-refractivity contribution >= 4 is 17.3 Å². The van der Waals surface area contributed by atoms with Gasteiger partial charge in [-0.1, -0.05) is 12.1 Å². The number of ether oxygens (including phenoxy) is 1. The molecule has 1 heterocycles. The number of rotatable bonds is 3. The lowest BCUT2D eigenvalue weighted by atomic mass is 9.66. The van der Waals surface area contributed by atoms with Crippen LogP contribution in [0.15, 0.2) is 30.3 Å². The van der Waals surface area contributed by atoms with Gasteiger partial charge in [0.2, 0.25) is 0 Å². The summed E-state index contributed by atoms with van der Waals surface area (Å²) < 4.78 is 4.81. The van der Waals surface area contributed by atoms with Crippen molar-refractivity contribution in [3.63, 3.8) is 0 Å². The molecule has 2 aromatic carbocycles. The Morgan fingerprint density at radius 2 is 1.87 bits per heavy atom. The van der Waals surface area contributed by atoms with Gasteiger partial charge in [0.25, 0.3) is 5.69 Å².